The third-order valence-corrected chi connectivity index (χ3v) is 13.0. The molecule has 12 aromatic rings. The van der Waals surface area contributed by atoms with Gasteiger partial charge in [-0.15, -0.1) is 0 Å². The van der Waals surface area contributed by atoms with Gasteiger partial charge in [-0.3, -0.25) is 0 Å². The van der Waals surface area contributed by atoms with E-state index in [0.29, 0.717) is 0 Å². The normalized spacial score (nSPS) is 11.3. The maximum Gasteiger partial charge on any atom is 0.0541 e. The van der Waals surface area contributed by atoms with Gasteiger partial charge in [-0.05, 0) is 133 Å². The molecule has 1 aromatic heterocycles. The van der Waals surface area contributed by atoms with Crippen molar-refractivity contribution in [3.63, 3.8) is 0 Å². The van der Waals surface area contributed by atoms with Crippen molar-refractivity contribution in [2.24, 2.45) is 0 Å². The van der Waals surface area contributed by atoms with Crippen LogP contribution in [0.3, 0.4) is 0 Å². The van der Waals surface area contributed by atoms with Gasteiger partial charge in [0.25, 0.3) is 0 Å². The molecule has 0 fully saturated rings. The summed E-state index contributed by atoms with van der Waals surface area (Å²) in [5, 5.41) is 5.04. The number of nitrogens with zero attached hydrogens (tertiary/aromatic N) is 2. The largest absolute Gasteiger partial charge is 0.311 e. The molecule has 2 nitrogen and oxygen atoms in total. The van der Waals surface area contributed by atoms with E-state index in [-0.39, 0.29) is 0 Å². The summed E-state index contributed by atoms with van der Waals surface area (Å²) < 4.78 is 2.38. The maximum atomic E-state index is 2.38. The molecule has 0 bridgehead atoms. The highest BCUT2D eigenvalue weighted by Crippen LogP contribution is 2.40. The Morgan fingerprint density at radius 1 is 0.242 bits per heavy atom. The van der Waals surface area contributed by atoms with E-state index in [1.807, 2.05) is 0 Å². The second-order valence-corrected chi connectivity index (χ2v) is 16.9. The van der Waals surface area contributed by atoms with Crippen LogP contribution in [0.2, 0.25) is 0 Å². The van der Waals surface area contributed by atoms with Gasteiger partial charge in [-0.2, -0.15) is 0 Å². The number of anilines is 3. The molecule has 0 amide bonds. The number of benzene rings is 11. The van der Waals surface area contributed by atoms with Gasteiger partial charge in [0.2, 0.25) is 0 Å². The molecule has 66 heavy (non-hydrogen) atoms. The second kappa shape index (κ2) is 16.8. The highest BCUT2D eigenvalue weighted by molar-refractivity contribution is 6.09. The van der Waals surface area contributed by atoms with Gasteiger partial charge in [0.15, 0.2) is 0 Å². The molecule has 0 N–H and O–H groups in total. The molecule has 12 rings (SSSR count). The topological polar surface area (TPSA) is 8.17 Å². The van der Waals surface area contributed by atoms with Crippen LogP contribution in [-0.2, 0) is 0 Å². The van der Waals surface area contributed by atoms with Gasteiger partial charge >= 0.3 is 0 Å². The number of hydrogen-bond donors (Lipinski definition) is 0. The minimum atomic E-state index is 1.09. The van der Waals surface area contributed by atoms with Crippen molar-refractivity contribution < 1.29 is 0 Å². The molecular weight excluding hydrogens is 797 g/mol. The third-order valence-electron chi connectivity index (χ3n) is 13.0. The summed E-state index contributed by atoms with van der Waals surface area (Å²) in [4.78, 5) is 2.36. The van der Waals surface area contributed by atoms with E-state index in [9.17, 15) is 0 Å². The zero-order valence-electron chi connectivity index (χ0n) is 36.3. The smallest absolute Gasteiger partial charge is 0.0541 e. The molecule has 2 heteroatoms. The summed E-state index contributed by atoms with van der Waals surface area (Å²) in [7, 11) is 0. The third kappa shape index (κ3) is 7.21. The van der Waals surface area contributed by atoms with E-state index in [4.69, 9.17) is 0 Å². The van der Waals surface area contributed by atoms with Crippen molar-refractivity contribution in [3.05, 3.63) is 267 Å². The summed E-state index contributed by atoms with van der Waals surface area (Å²) in [5.74, 6) is 0. The fraction of sp³-hybridized carbons (Fsp3) is 0. The molecule has 11 aromatic carbocycles. The van der Waals surface area contributed by atoms with Crippen molar-refractivity contribution >= 4 is 49.6 Å². The Morgan fingerprint density at radius 3 is 1.20 bits per heavy atom. The first-order valence-electron chi connectivity index (χ1n) is 22.7. The monoisotopic (exact) mass is 840 g/mol. The van der Waals surface area contributed by atoms with Crippen molar-refractivity contribution in [1.29, 1.82) is 0 Å². The van der Waals surface area contributed by atoms with Crippen LogP contribution in [0.25, 0.3) is 93.9 Å². The van der Waals surface area contributed by atoms with E-state index in [1.165, 1.54) is 82.6 Å². The number of hydrogen-bond acceptors (Lipinski definition) is 1. The molecule has 0 saturated heterocycles. The average molecular weight is 841 g/mol. The fourth-order valence-corrected chi connectivity index (χ4v) is 9.71. The van der Waals surface area contributed by atoms with Gasteiger partial charge in [0.05, 0.1) is 11.0 Å². The Bertz CT molecular complexity index is 3600. The van der Waals surface area contributed by atoms with Crippen LogP contribution in [0.1, 0.15) is 0 Å². The molecule has 0 atom stereocenters. The molecule has 310 valence electrons. The highest BCUT2D eigenvalue weighted by atomic mass is 15.1. The van der Waals surface area contributed by atoms with Crippen LogP contribution < -0.4 is 4.90 Å². The van der Waals surface area contributed by atoms with E-state index in [0.717, 1.165) is 28.3 Å². The first kappa shape index (κ1) is 38.9. The molecule has 0 spiro atoms. The van der Waals surface area contributed by atoms with Crippen LogP contribution in [0, 0.1) is 0 Å². The Balaban J connectivity index is 0.892. The fourth-order valence-electron chi connectivity index (χ4n) is 9.71. The molecule has 1 heterocycles. The quantitative estimate of drug-likeness (QED) is 0.141. The van der Waals surface area contributed by atoms with Crippen LogP contribution in [0.5, 0.6) is 0 Å². The molecular formula is C64H44N2. The minimum Gasteiger partial charge on any atom is -0.311 e. The number of fused-ring (bicyclic) bond motifs is 4. The maximum absolute atomic E-state index is 2.38. The lowest BCUT2D eigenvalue weighted by atomic mass is 9.95. The van der Waals surface area contributed by atoms with E-state index < -0.39 is 0 Å². The summed E-state index contributed by atoms with van der Waals surface area (Å²) in [6.07, 6.45) is 0. The van der Waals surface area contributed by atoms with Crippen LogP contribution in [0.15, 0.2) is 267 Å². The summed E-state index contributed by atoms with van der Waals surface area (Å²) in [6, 6.07) is 96.8. The standard InChI is InChI=1S/C64H44N2/c1-2-13-45(14-3-1)46-27-29-47(30-28-46)48-31-37-55(38-32-48)65(56-39-33-49(34-40-56)52-17-10-19-54(43-52)60-24-12-16-51-15-4-5-21-59(51)60)57-41-35-50(36-42-57)53-18-11-20-58(44-53)66-63-25-8-6-22-61(63)62-23-7-9-26-64(62)66/h1-44H. The number of para-hydroxylation sites is 2. The van der Waals surface area contributed by atoms with E-state index in [1.54, 1.807) is 0 Å². The summed E-state index contributed by atoms with van der Waals surface area (Å²) >= 11 is 0. The van der Waals surface area contributed by atoms with Crippen LogP contribution >= 0.6 is 0 Å². The first-order chi connectivity index (χ1) is 32.7. The number of rotatable bonds is 9. The average Bonchev–Trinajstić information content (AvgIpc) is 3.74. The van der Waals surface area contributed by atoms with Gasteiger partial charge < -0.3 is 9.47 Å². The van der Waals surface area contributed by atoms with Crippen LogP contribution in [-0.4, -0.2) is 4.57 Å². The van der Waals surface area contributed by atoms with Crippen molar-refractivity contribution in [2.45, 2.75) is 0 Å². The van der Waals surface area contributed by atoms with Gasteiger partial charge in [-0.1, -0.05) is 200 Å². The van der Waals surface area contributed by atoms with Gasteiger partial charge in [0, 0.05) is 33.5 Å². The molecule has 0 radical (unpaired) electrons. The molecule has 0 aliphatic rings. The summed E-state index contributed by atoms with van der Waals surface area (Å²) in [6.45, 7) is 0. The lowest BCUT2D eigenvalue weighted by Crippen LogP contribution is -2.09. The lowest BCUT2D eigenvalue weighted by molar-refractivity contribution is 1.18. The van der Waals surface area contributed by atoms with Crippen LogP contribution in [0.4, 0.5) is 17.1 Å². The Kier molecular flexibility index (Phi) is 9.89. The molecule has 0 aliphatic carbocycles. The second-order valence-electron chi connectivity index (χ2n) is 16.9. The van der Waals surface area contributed by atoms with E-state index in [2.05, 4.69) is 276 Å². The van der Waals surface area contributed by atoms with Gasteiger partial charge in [-0.25, -0.2) is 0 Å². The van der Waals surface area contributed by atoms with Crippen molar-refractivity contribution in [1.82, 2.24) is 4.57 Å². The number of aromatic nitrogens is 1. The SMILES string of the molecule is c1ccc(-c2ccc(-c3ccc(N(c4ccc(-c5cccc(-c6cccc7ccccc67)c5)cc4)c4ccc(-c5cccc(-n6c7ccccc7c7ccccc76)c5)cc4)cc3)cc2)cc1. The first-order valence-corrected chi connectivity index (χ1v) is 22.7. The lowest BCUT2D eigenvalue weighted by Gasteiger charge is -2.26. The Morgan fingerprint density at radius 2 is 0.621 bits per heavy atom. The molecule has 0 unspecified atom stereocenters. The van der Waals surface area contributed by atoms with Crippen molar-refractivity contribution in [3.8, 4) is 61.3 Å². The van der Waals surface area contributed by atoms with E-state index >= 15 is 0 Å². The zero-order chi connectivity index (χ0) is 43.8. The Hall–Kier alpha value is -8.72. The molecule has 0 saturated carbocycles. The molecule has 0 aliphatic heterocycles. The predicted octanol–water partition coefficient (Wildman–Crippen LogP) is 17.7. The Labute approximate surface area is 385 Å². The minimum absolute atomic E-state index is 1.09. The van der Waals surface area contributed by atoms with Crippen molar-refractivity contribution in [2.75, 3.05) is 4.90 Å². The van der Waals surface area contributed by atoms with Gasteiger partial charge in [0.1, 0.15) is 0 Å². The summed E-state index contributed by atoms with van der Waals surface area (Å²) in [5.41, 5.74) is 18.8. The zero-order valence-corrected chi connectivity index (χ0v) is 36.3. The predicted molar refractivity (Wildman–Crippen MR) is 280 cm³/mol. The highest BCUT2D eigenvalue weighted by Gasteiger charge is 2.16.